The Morgan fingerprint density at radius 1 is 1.25 bits per heavy atom. The van der Waals surface area contributed by atoms with Crippen LogP contribution in [0.4, 0.5) is 14.5 Å². The Hall–Kier alpha value is -2.17. The number of aromatic amines is 1. The summed E-state index contributed by atoms with van der Waals surface area (Å²) in [6.07, 6.45) is 1.50. The second-order valence-electron chi connectivity index (χ2n) is 3.24. The van der Waals surface area contributed by atoms with E-state index in [1.165, 1.54) is 12.3 Å². The molecule has 82 valence electrons. The number of anilines is 1. The molecule has 0 aliphatic carbocycles. The molecule has 3 nitrogen and oxygen atoms in total. The average molecular weight is 222 g/mol. The molecule has 5 heteroatoms. The number of hydrogen-bond donors (Lipinski definition) is 2. The molecule has 2 rings (SSSR count). The molecule has 0 spiro atoms. The molecule has 0 amide bonds. The standard InChI is InChI=1S/C11H8F2N2O/c12-6-3-4-7(14)10(13)9(6)11(16)8-2-1-5-15-8/h1-5,15H,14H2. The van der Waals surface area contributed by atoms with Gasteiger partial charge in [0.05, 0.1) is 16.9 Å². The number of H-pyrrole nitrogens is 1. The number of rotatable bonds is 2. The van der Waals surface area contributed by atoms with Crippen LogP contribution in [0.3, 0.4) is 0 Å². The summed E-state index contributed by atoms with van der Waals surface area (Å²) in [4.78, 5) is 14.3. The Morgan fingerprint density at radius 2 is 2.00 bits per heavy atom. The molecule has 1 aromatic carbocycles. The monoisotopic (exact) mass is 222 g/mol. The van der Waals surface area contributed by atoms with Crippen molar-refractivity contribution in [1.82, 2.24) is 4.98 Å². The van der Waals surface area contributed by atoms with E-state index in [0.717, 1.165) is 12.1 Å². The molecular weight excluding hydrogens is 214 g/mol. The van der Waals surface area contributed by atoms with Crippen molar-refractivity contribution in [2.24, 2.45) is 0 Å². The fourth-order valence-corrected chi connectivity index (χ4v) is 1.38. The maximum absolute atomic E-state index is 13.5. The molecule has 1 aromatic heterocycles. The number of aromatic nitrogens is 1. The third kappa shape index (κ3) is 1.56. The lowest BCUT2D eigenvalue weighted by molar-refractivity contribution is 0.102. The molecule has 16 heavy (non-hydrogen) atoms. The predicted molar refractivity (Wildman–Crippen MR) is 55.0 cm³/mol. The minimum Gasteiger partial charge on any atom is -0.396 e. The van der Waals surface area contributed by atoms with Gasteiger partial charge in [-0.05, 0) is 24.3 Å². The number of nitrogens with one attached hydrogen (secondary N) is 1. The minimum atomic E-state index is -1.03. The van der Waals surface area contributed by atoms with Crippen molar-refractivity contribution in [2.45, 2.75) is 0 Å². The molecule has 3 N–H and O–H groups in total. The Kier molecular flexibility index (Phi) is 2.44. The number of carbonyl (C=O) groups excluding carboxylic acids is 1. The maximum atomic E-state index is 13.5. The van der Waals surface area contributed by atoms with E-state index in [4.69, 9.17) is 5.73 Å². The summed E-state index contributed by atoms with van der Waals surface area (Å²) >= 11 is 0. The number of nitrogens with two attached hydrogens (primary N) is 1. The summed E-state index contributed by atoms with van der Waals surface area (Å²) in [6, 6.07) is 5.05. The summed E-state index contributed by atoms with van der Waals surface area (Å²) in [5.74, 6) is -2.71. The summed E-state index contributed by atoms with van der Waals surface area (Å²) in [5.41, 5.74) is 4.50. The van der Waals surface area contributed by atoms with E-state index in [2.05, 4.69) is 4.98 Å². The molecule has 1 heterocycles. The van der Waals surface area contributed by atoms with Gasteiger partial charge in [-0.25, -0.2) is 8.78 Å². The first kappa shape index (κ1) is 10.4. The number of nitrogen functional groups attached to an aromatic ring is 1. The van der Waals surface area contributed by atoms with Crippen molar-refractivity contribution >= 4 is 11.5 Å². The van der Waals surface area contributed by atoms with E-state index in [1.807, 2.05) is 0 Å². The zero-order chi connectivity index (χ0) is 11.7. The van der Waals surface area contributed by atoms with Crippen LogP contribution < -0.4 is 5.73 Å². The van der Waals surface area contributed by atoms with E-state index in [1.54, 1.807) is 6.07 Å². The van der Waals surface area contributed by atoms with Gasteiger partial charge in [0.15, 0.2) is 5.82 Å². The highest BCUT2D eigenvalue weighted by Crippen LogP contribution is 2.21. The van der Waals surface area contributed by atoms with Crippen molar-refractivity contribution in [3.63, 3.8) is 0 Å². The predicted octanol–water partition coefficient (Wildman–Crippen LogP) is 2.11. The van der Waals surface area contributed by atoms with E-state index in [0.29, 0.717) is 0 Å². The highest BCUT2D eigenvalue weighted by molar-refractivity contribution is 6.08. The van der Waals surface area contributed by atoms with Crippen LogP contribution in [-0.4, -0.2) is 10.8 Å². The SMILES string of the molecule is Nc1ccc(F)c(C(=O)c2ccc[nH]2)c1F. The molecule has 0 atom stereocenters. The van der Waals surface area contributed by atoms with E-state index >= 15 is 0 Å². The van der Waals surface area contributed by atoms with Crippen molar-refractivity contribution in [3.05, 3.63) is 53.4 Å². The van der Waals surface area contributed by atoms with Gasteiger partial charge in [0, 0.05) is 6.20 Å². The Balaban J connectivity index is 2.56. The van der Waals surface area contributed by atoms with Gasteiger partial charge in [0.2, 0.25) is 5.78 Å². The third-order valence-electron chi connectivity index (χ3n) is 2.19. The largest absolute Gasteiger partial charge is 0.396 e. The zero-order valence-electron chi connectivity index (χ0n) is 8.13. The van der Waals surface area contributed by atoms with Gasteiger partial charge in [0.25, 0.3) is 0 Å². The molecule has 0 bridgehead atoms. The lowest BCUT2D eigenvalue weighted by Gasteiger charge is -2.04. The van der Waals surface area contributed by atoms with Crippen molar-refractivity contribution < 1.29 is 13.6 Å². The van der Waals surface area contributed by atoms with E-state index in [-0.39, 0.29) is 11.4 Å². The highest BCUT2D eigenvalue weighted by Gasteiger charge is 2.21. The van der Waals surface area contributed by atoms with Gasteiger partial charge in [-0.1, -0.05) is 0 Å². The first-order valence-electron chi connectivity index (χ1n) is 4.53. The van der Waals surface area contributed by atoms with Crippen molar-refractivity contribution in [1.29, 1.82) is 0 Å². The smallest absolute Gasteiger partial charge is 0.215 e. The van der Waals surface area contributed by atoms with Crippen LogP contribution in [0.1, 0.15) is 16.1 Å². The number of benzene rings is 1. The first-order chi connectivity index (χ1) is 7.61. The molecule has 0 aliphatic heterocycles. The third-order valence-corrected chi connectivity index (χ3v) is 2.19. The second kappa shape index (κ2) is 3.77. The van der Waals surface area contributed by atoms with Crippen LogP contribution in [0.5, 0.6) is 0 Å². The van der Waals surface area contributed by atoms with Gasteiger partial charge in [-0.3, -0.25) is 4.79 Å². The number of carbonyl (C=O) groups is 1. The average Bonchev–Trinajstić information content (AvgIpc) is 2.77. The van der Waals surface area contributed by atoms with E-state index in [9.17, 15) is 13.6 Å². The molecule has 0 saturated carbocycles. The summed E-state index contributed by atoms with van der Waals surface area (Å²) < 4.78 is 26.8. The second-order valence-corrected chi connectivity index (χ2v) is 3.24. The lowest BCUT2D eigenvalue weighted by Crippen LogP contribution is -2.09. The van der Waals surface area contributed by atoms with Gasteiger partial charge >= 0.3 is 0 Å². The summed E-state index contributed by atoms with van der Waals surface area (Å²) in [5, 5.41) is 0. The Bertz CT molecular complexity index is 535. The molecule has 0 fully saturated rings. The van der Waals surface area contributed by atoms with Crippen LogP contribution in [0.15, 0.2) is 30.5 Å². The number of ketones is 1. The normalized spacial score (nSPS) is 10.4. The highest BCUT2D eigenvalue weighted by atomic mass is 19.1. The molecule has 0 saturated heterocycles. The zero-order valence-corrected chi connectivity index (χ0v) is 8.13. The van der Waals surface area contributed by atoms with Crippen molar-refractivity contribution in [2.75, 3.05) is 5.73 Å². The van der Waals surface area contributed by atoms with Gasteiger partial charge in [-0.15, -0.1) is 0 Å². The molecule has 0 radical (unpaired) electrons. The van der Waals surface area contributed by atoms with Crippen LogP contribution in [0.2, 0.25) is 0 Å². The van der Waals surface area contributed by atoms with Crippen LogP contribution in [-0.2, 0) is 0 Å². The topological polar surface area (TPSA) is 58.9 Å². The summed E-state index contributed by atoms with van der Waals surface area (Å²) in [7, 11) is 0. The first-order valence-corrected chi connectivity index (χ1v) is 4.53. The fourth-order valence-electron chi connectivity index (χ4n) is 1.38. The van der Waals surface area contributed by atoms with Gasteiger partial charge in [-0.2, -0.15) is 0 Å². The Morgan fingerprint density at radius 3 is 2.62 bits per heavy atom. The van der Waals surface area contributed by atoms with Crippen LogP contribution in [0.25, 0.3) is 0 Å². The van der Waals surface area contributed by atoms with Crippen LogP contribution >= 0.6 is 0 Å². The Labute approximate surface area is 89.9 Å². The van der Waals surface area contributed by atoms with Gasteiger partial charge in [0.1, 0.15) is 5.82 Å². The minimum absolute atomic E-state index is 0.114. The maximum Gasteiger partial charge on any atom is 0.215 e. The van der Waals surface area contributed by atoms with E-state index < -0.39 is 23.0 Å². The van der Waals surface area contributed by atoms with Crippen LogP contribution in [0, 0.1) is 11.6 Å². The molecule has 2 aromatic rings. The molecular formula is C11H8F2N2O. The fraction of sp³-hybridized carbons (Fsp3) is 0. The quantitative estimate of drug-likeness (QED) is 0.603. The molecule has 0 aliphatic rings. The number of hydrogen-bond acceptors (Lipinski definition) is 2. The summed E-state index contributed by atoms with van der Waals surface area (Å²) in [6.45, 7) is 0. The van der Waals surface area contributed by atoms with Crippen molar-refractivity contribution in [3.8, 4) is 0 Å². The number of halogens is 2. The molecule has 0 unspecified atom stereocenters. The van der Waals surface area contributed by atoms with Gasteiger partial charge < -0.3 is 10.7 Å². The lowest BCUT2D eigenvalue weighted by atomic mass is 10.1.